The second kappa shape index (κ2) is 7.55. The maximum absolute atomic E-state index is 13.3. The third-order valence-electron chi connectivity index (χ3n) is 4.05. The number of aryl methyl sites for hydroxylation is 1. The quantitative estimate of drug-likeness (QED) is 0.875. The van der Waals surface area contributed by atoms with E-state index in [2.05, 4.69) is 17.6 Å². The van der Waals surface area contributed by atoms with Crippen LogP contribution in [-0.2, 0) is 0 Å². The Morgan fingerprint density at radius 2 is 1.86 bits per heavy atom. The SMILES string of the molecule is CCCNC1CCC(NC(=O)c2cc(C)cc(F)c2)CC1. The highest BCUT2D eigenvalue weighted by atomic mass is 19.1. The summed E-state index contributed by atoms with van der Waals surface area (Å²) < 4.78 is 13.3. The number of nitrogens with one attached hydrogen (secondary N) is 2. The van der Waals surface area contributed by atoms with E-state index in [0.717, 1.165) is 44.2 Å². The molecule has 1 aromatic rings. The summed E-state index contributed by atoms with van der Waals surface area (Å²) in [7, 11) is 0. The van der Waals surface area contributed by atoms with Gasteiger partial charge in [-0.15, -0.1) is 0 Å². The third-order valence-corrected chi connectivity index (χ3v) is 4.05. The molecule has 0 aromatic heterocycles. The number of amides is 1. The first-order chi connectivity index (χ1) is 10.1. The molecular weight excluding hydrogens is 267 g/mol. The van der Waals surface area contributed by atoms with E-state index in [1.54, 1.807) is 13.0 Å². The van der Waals surface area contributed by atoms with Crippen LogP contribution >= 0.6 is 0 Å². The Balaban J connectivity index is 1.84. The molecule has 0 saturated heterocycles. The van der Waals surface area contributed by atoms with E-state index >= 15 is 0 Å². The van der Waals surface area contributed by atoms with Gasteiger partial charge in [-0.25, -0.2) is 4.39 Å². The fourth-order valence-electron chi connectivity index (χ4n) is 2.93. The lowest BCUT2D eigenvalue weighted by molar-refractivity contribution is 0.0923. The van der Waals surface area contributed by atoms with Crippen LogP contribution in [-0.4, -0.2) is 24.5 Å². The molecule has 1 saturated carbocycles. The number of hydrogen-bond donors (Lipinski definition) is 2. The first-order valence-electron chi connectivity index (χ1n) is 7.90. The second-order valence-electron chi connectivity index (χ2n) is 5.99. The fraction of sp³-hybridized carbons (Fsp3) is 0.588. The molecule has 1 fully saturated rings. The molecule has 0 unspecified atom stereocenters. The molecular formula is C17H25FN2O. The predicted octanol–water partition coefficient (Wildman–Crippen LogP) is 3.17. The van der Waals surface area contributed by atoms with Crippen molar-refractivity contribution >= 4 is 5.91 Å². The van der Waals surface area contributed by atoms with E-state index in [1.165, 1.54) is 12.1 Å². The summed E-state index contributed by atoms with van der Waals surface area (Å²) in [6.07, 6.45) is 5.30. The normalized spacial score (nSPS) is 22.0. The minimum atomic E-state index is -0.354. The van der Waals surface area contributed by atoms with Crippen LogP contribution in [0.5, 0.6) is 0 Å². The summed E-state index contributed by atoms with van der Waals surface area (Å²) in [6.45, 7) is 5.02. The van der Waals surface area contributed by atoms with Crippen LogP contribution in [0.1, 0.15) is 54.9 Å². The minimum Gasteiger partial charge on any atom is -0.349 e. The molecule has 0 aliphatic heterocycles. The number of rotatable bonds is 5. The number of benzene rings is 1. The van der Waals surface area contributed by atoms with E-state index < -0.39 is 0 Å². The molecule has 0 spiro atoms. The summed E-state index contributed by atoms with van der Waals surface area (Å²) in [5.41, 5.74) is 1.19. The number of carbonyl (C=O) groups is 1. The highest BCUT2D eigenvalue weighted by Gasteiger charge is 2.22. The van der Waals surface area contributed by atoms with Crippen LogP contribution in [0.15, 0.2) is 18.2 Å². The Bertz CT molecular complexity index is 461. The standard InChI is InChI=1S/C17H25FN2O/c1-3-8-19-15-4-6-16(7-5-15)20-17(21)13-9-12(2)10-14(18)11-13/h9-11,15-16,19H,3-8H2,1-2H3,(H,20,21). The zero-order chi connectivity index (χ0) is 15.2. The van der Waals surface area contributed by atoms with Crippen LogP contribution < -0.4 is 10.6 Å². The van der Waals surface area contributed by atoms with Crippen molar-refractivity contribution in [1.29, 1.82) is 0 Å². The molecule has 1 aliphatic rings. The molecule has 3 nitrogen and oxygen atoms in total. The topological polar surface area (TPSA) is 41.1 Å². The number of halogens is 1. The van der Waals surface area contributed by atoms with Gasteiger partial charge in [-0.1, -0.05) is 6.92 Å². The van der Waals surface area contributed by atoms with Crippen molar-refractivity contribution in [3.05, 3.63) is 35.1 Å². The first-order valence-corrected chi connectivity index (χ1v) is 7.90. The van der Waals surface area contributed by atoms with Crippen molar-refractivity contribution in [3.8, 4) is 0 Å². The molecule has 4 heteroatoms. The van der Waals surface area contributed by atoms with Gasteiger partial charge in [0.15, 0.2) is 0 Å². The Hall–Kier alpha value is -1.42. The van der Waals surface area contributed by atoms with Crippen LogP contribution in [0.2, 0.25) is 0 Å². The van der Waals surface area contributed by atoms with E-state index in [4.69, 9.17) is 0 Å². The molecule has 0 heterocycles. The molecule has 0 atom stereocenters. The van der Waals surface area contributed by atoms with Gasteiger partial charge in [0, 0.05) is 17.6 Å². The van der Waals surface area contributed by atoms with Gasteiger partial charge in [0.25, 0.3) is 5.91 Å². The summed E-state index contributed by atoms with van der Waals surface area (Å²) in [6, 6.07) is 5.25. The van der Waals surface area contributed by atoms with Crippen molar-refractivity contribution < 1.29 is 9.18 Å². The van der Waals surface area contributed by atoms with Gasteiger partial charge in [-0.05, 0) is 69.3 Å². The van der Waals surface area contributed by atoms with E-state index in [-0.39, 0.29) is 17.8 Å². The summed E-state index contributed by atoms with van der Waals surface area (Å²) in [5.74, 6) is -0.518. The molecule has 21 heavy (non-hydrogen) atoms. The lowest BCUT2D eigenvalue weighted by Gasteiger charge is -2.29. The van der Waals surface area contributed by atoms with Crippen molar-refractivity contribution in [2.24, 2.45) is 0 Å². The second-order valence-corrected chi connectivity index (χ2v) is 5.99. The Kier molecular flexibility index (Phi) is 5.74. The highest BCUT2D eigenvalue weighted by Crippen LogP contribution is 2.19. The van der Waals surface area contributed by atoms with Crippen LogP contribution in [0.4, 0.5) is 4.39 Å². The van der Waals surface area contributed by atoms with Gasteiger partial charge >= 0.3 is 0 Å². The number of hydrogen-bond acceptors (Lipinski definition) is 2. The average molecular weight is 292 g/mol. The Labute approximate surface area is 126 Å². The molecule has 1 aromatic carbocycles. The fourth-order valence-corrected chi connectivity index (χ4v) is 2.93. The molecule has 1 aliphatic carbocycles. The van der Waals surface area contributed by atoms with Gasteiger partial charge in [-0.2, -0.15) is 0 Å². The van der Waals surface area contributed by atoms with Crippen LogP contribution in [0.3, 0.4) is 0 Å². The van der Waals surface area contributed by atoms with Crippen LogP contribution in [0, 0.1) is 12.7 Å². The largest absolute Gasteiger partial charge is 0.349 e. The van der Waals surface area contributed by atoms with Gasteiger partial charge in [0.2, 0.25) is 0 Å². The van der Waals surface area contributed by atoms with Crippen LogP contribution in [0.25, 0.3) is 0 Å². The minimum absolute atomic E-state index is 0.164. The van der Waals surface area contributed by atoms with Crippen molar-refractivity contribution in [2.75, 3.05) is 6.54 Å². The third kappa shape index (κ3) is 4.81. The molecule has 0 bridgehead atoms. The van der Waals surface area contributed by atoms with Gasteiger partial charge < -0.3 is 10.6 Å². The molecule has 2 N–H and O–H groups in total. The predicted molar refractivity (Wildman–Crippen MR) is 82.9 cm³/mol. The molecule has 116 valence electrons. The molecule has 0 radical (unpaired) electrons. The van der Waals surface area contributed by atoms with Crippen molar-refractivity contribution in [2.45, 2.75) is 58.0 Å². The number of carbonyl (C=O) groups excluding carboxylic acids is 1. The lowest BCUT2D eigenvalue weighted by atomic mass is 9.91. The summed E-state index contributed by atoms with van der Waals surface area (Å²) in [5, 5.41) is 6.56. The van der Waals surface area contributed by atoms with Crippen molar-refractivity contribution in [1.82, 2.24) is 10.6 Å². The monoisotopic (exact) mass is 292 g/mol. The first kappa shape index (κ1) is 16.0. The average Bonchev–Trinajstić information content (AvgIpc) is 2.45. The zero-order valence-electron chi connectivity index (χ0n) is 12.9. The summed E-state index contributed by atoms with van der Waals surface area (Å²) >= 11 is 0. The van der Waals surface area contributed by atoms with Gasteiger partial charge in [0.05, 0.1) is 0 Å². The van der Waals surface area contributed by atoms with Gasteiger partial charge in [0.1, 0.15) is 5.82 Å². The maximum atomic E-state index is 13.3. The zero-order valence-corrected chi connectivity index (χ0v) is 12.9. The van der Waals surface area contributed by atoms with Gasteiger partial charge in [-0.3, -0.25) is 4.79 Å². The lowest BCUT2D eigenvalue weighted by Crippen LogP contribution is -2.42. The Morgan fingerprint density at radius 1 is 1.19 bits per heavy atom. The Morgan fingerprint density at radius 3 is 2.48 bits per heavy atom. The van der Waals surface area contributed by atoms with E-state index in [1.807, 2.05) is 0 Å². The van der Waals surface area contributed by atoms with E-state index in [0.29, 0.717) is 11.6 Å². The van der Waals surface area contributed by atoms with Crippen molar-refractivity contribution in [3.63, 3.8) is 0 Å². The summed E-state index contributed by atoms with van der Waals surface area (Å²) in [4.78, 5) is 12.2. The smallest absolute Gasteiger partial charge is 0.251 e. The maximum Gasteiger partial charge on any atom is 0.251 e. The highest BCUT2D eigenvalue weighted by molar-refractivity contribution is 5.94. The molecule has 2 rings (SSSR count). The van der Waals surface area contributed by atoms with E-state index in [9.17, 15) is 9.18 Å². The molecule has 1 amide bonds.